The molecule has 0 N–H and O–H groups in total. The Morgan fingerprint density at radius 1 is 0.921 bits per heavy atom. The Kier molecular flexibility index (Phi) is 7.90. The summed E-state index contributed by atoms with van der Waals surface area (Å²) in [5, 5.41) is 1.93. The van der Waals surface area contributed by atoms with Crippen molar-refractivity contribution in [3.8, 4) is 17.2 Å². The van der Waals surface area contributed by atoms with Gasteiger partial charge in [0, 0.05) is 0 Å². The molecular formula is C30H24INO5S. The number of ether oxygens (including phenoxy) is 3. The molecule has 4 aromatic rings. The van der Waals surface area contributed by atoms with Gasteiger partial charge in [0.1, 0.15) is 12.4 Å². The van der Waals surface area contributed by atoms with Crippen molar-refractivity contribution in [3.05, 3.63) is 98.5 Å². The summed E-state index contributed by atoms with van der Waals surface area (Å²) in [4.78, 5) is 27.5. The van der Waals surface area contributed by atoms with E-state index in [-0.39, 0.29) is 5.24 Å². The molecule has 2 amide bonds. The van der Waals surface area contributed by atoms with Gasteiger partial charge < -0.3 is 14.2 Å². The van der Waals surface area contributed by atoms with E-state index < -0.39 is 5.91 Å². The number of carbonyl (C=O) groups excluding carboxylic acids is 2. The molecule has 38 heavy (non-hydrogen) atoms. The second kappa shape index (κ2) is 11.5. The molecule has 8 heteroatoms. The summed E-state index contributed by atoms with van der Waals surface area (Å²) in [6.07, 6.45) is 1.71. The zero-order valence-electron chi connectivity index (χ0n) is 20.8. The van der Waals surface area contributed by atoms with Gasteiger partial charge in [0.2, 0.25) is 0 Å². The fraction of sp³-hybridized carbons (Fsp3) is 0.133. The molecule has 5 rings (SSSR count). The van der Waals surface area contributed by atoms with E-state index in [0.717, 1.165) is 42.1 Å². The second-order valence-electron chi connectivity index (χ2n) is 8.38. The summed E-state index contributed by atoms with van der Waals surface area (Å²) in [5.74, 6) is 1.28. The fourth-order valence-electron chi connectivity index (χ4n) is 4.28. The molecule has 0 spiro atoms. The summed E-state index contributed by atoms with van der Waals surface area (Å²) in [6.45, 7) is 2.75. The number of amides is 2. The number of rotatable bonds is 8. The third-order valence-corrected chi connectivity index (χ3v) is 7.67. The first kappa shape index (κ1) is 26.1. The lowest BCUT2D eigenvalue weighted by molar-refractivity contribution is -0.113. The number of thioether (sulfide) groups is 1. The van der Waals surface area contributed by atoms with E-state index in [2.05, 4.69) is 46.9 Å². The van der Waals surface area contributed by atoms with E-state index in [1.54, 1.807) is 30.3 Å². The van der Waals surface area contributed by atoms with Crippen molar-refractivity contribution in [1.82, 2.24) is 0 Å². The van der Waals surface area contributed by atoms with Crippen molar-refractivity contribution in [3.63, 3.8) is 0 Å². The first-order valence-electron chi connectivity index (χ1n) is 12.0. The van der Waals surface area contributed by atoms with Gasteiger partial charge in [-0.15, -0.1) is 0 Å². The normalized spacial score (nSPS) is 14.4. The van der Waals surface area contributed by atoms with Crippen molar-refractivity contribution in [2.75, 3.05) is 18.6 Å². The van der Waals surface area contributed by atoms with Crippen LogP contribution in [0.15, 0.2) is 83.8 Å². The van der Waals surface area contributed by atoms with Crippen molar-refractivity contribution < 1.29 is 23.8 Å². The molecule has 1 heterocycles. The van der Waals surface area contributed by atoms with Crippen LogP contribution in [0.2, 0.25) is 0 Å². The third-order valence-electron chi connectivity index (χ3n) is 6.00. The Balaban J connectivity index is 1.43. The molecule has 0 saturated carbocycles. The zero-order valence-corrected chi connectivity index (χ0v) is 23.7. The van der Waals surface area contributed by atoms with E-state index in [0.29, 0.717) is 41.1 Å². The number of para-hydroxylation sites is 2. The number of imide groups is 1. The number of nitrogens with zero attached hydrogens (tertiary/aromatic N) is 1. The lowest BCUT2D eigenvalue weighted by Gasteiger charge is -2.16. The molecule has 4 aromatic carbocycles. The van der Waals surface area contributed by atoms with Crippen LogP contribution in [0.3, 0.4) is 0 Å². The van der Waals surface area contributed by atoms with E-state index >= 15 is 0 Å². The van der Waals surface area contributed by atoms with Crippen LogP contribution in [0, 0.1) is 3.57 Å². The lowest BCUT2D eigenvalue weighted by atomic mass is 10.1. The van der Waals surface area contributed by atoms with Crippen LogP contribution in [-0.2, 0) is 11.4 Å². The largest absolute Gasteiger partial charge is 0.495 e. The molecule has 0 atom stereocenters. The standard InChI is InChI=1S/C30H24INO5S/c1-3-36-26-16-19(17-27-29(33)32(30(34)38-27)24-13-6-7-14-25(24)35-2)15-23(31)28(26)37-18-21-11-8-10-20-9-4-5-12-22(20)21/h4-17H,3,18H2,1-2H3/b27-17-. The highest BCUT2D eigenvalue weighted by Crippen LogP contribution is 2.41. The zero-order chi connectivity index (χ0) is 26.6. The van der Waals surface area contributed by atoms with Gasteiger partial charge in [0.25, 0.3) is 11.1 Å². The molecule has 6 nitrogen and oxygen atoms in total. The van der Waals surface area contributed by atoms with Gasteiger partial charge in [0.15, 0.2) is 11.5 Å². The molecular weight excluding hydrogens is 613 g/mol. The first-order chi connectivity index (χ1) is 18.5. The average molecular weight is 637 g/mol. The summed E-state index contributed by atoms with van der Waals surface area (Å²) < 4.78 is 18.4. The van der Waals surface area contributed by atoms with Crippen LogP contribution in [0.1, 0.15) is 18.1 Å². The van der Waals surface area contributed by atoms with Crippen molar-refractivity contribution in [2.45, 2.75) is 13.5 Å². The molecule has 1 aliphatic heterocycles. The number of anilines is 1. The quantitative estimate of drug-likeness (QED) is 0.146. The van der Waals surface area contributed by atoms with Crippen LogP contribution >= 0.6 is 34.4 Å². The number of hydrogen-bond donors (Lipinski definition) is 0. The minimum absolute atomic E-state index is 0.323. The van der Waals surface area contributed by atoms with Gasteiger partial charge in [-0.3, -0.25) is 9.59 Å². The number of methoxy groups -OCH3 is 1. The number of hydrogen-bond acceptors (Lipinski definition) is 6. The summed E-state index contributed by atoms with van der Waals surface area (Å²) in [5.41, 5.74) is 2.24. The van der Waals surface area contributed by atoms with E-state index in [1.807, 2.05) is 37.3 Å². The Morgan fingerprint density at radius 2 is 1.68 bits per heavy atom. The maximum Gasteiger partial charge on any atom is 0.298 e. The topological polar surface area (TPSA) is 65.1 Å². The second-order valence-corrected chi connectivity index (χ2v) is 10.5. The molecule has 1 aliphatic rings. The maximum atomic E-state index is 13.2. The van der Waals surface area contributed by atoms with E-state index in [1.165, 1.54) is 7.11 Å². The highest BCUT2D eigenvalue weighted by atomic mass is 127. The monoisotopic (exact) mass is 637 g/mol. The average Bonchev–Trinajstić information content (AvgIpc) is 3.20. The molecule has 1 saturated heterocycles. The highest BCUT2D eigenvalue weighted by molar-refractivity contribution is 14.1. The number of benzene rings is 4. The first-order valence-corrected chi connectivity index (χ1v) is 13.9. The van der Waals surface area contributed by atoms with Crippen LogP contribution in [0.25, 0.3) is 16.8 Å². The Bertz CT molecular complexity index is 1560. The summed E-state index contributed by atoms with van der Waals surface area (Å²) in [6, 6.07) is 25.1. The minimum Gasteiger partial charge on any atom is -0.495 e. The molecule has 0 radical (unpaired) electrons. The lowest BCUT2D eigenvalue weighted by Crippen LogP contribution is -2.28. The van der Waals surface area contributed by atoms with E-state index in [9.17, 15) is 9.59 Å². The van der Waals surface area contributed by atoms with Crippen LogP contribution in [0.4, 0.5) is 10.5 Å². The van der Waals surface area contributed by atoms with Crippen LogP contribution in [-0.4, -0.2) is 24.9 Å². The predicted octanol–water partition coefficient (Wildman–Crippen LogP) is 7.67. The van der Waals surface area contributed by atoms with Crippen LogP contribution < -0.4 is 19.1 Å². The number of fused-ring (bicyclic) bond motifs is 1. The van der Waals surface area contributed by atoms with Gasteiger partial charge in [-0.1, -0.05) is 54.6 Å². The van der Waals surface area contributed by atoms with Gasteiger partial charge in [-0.25, -0.2) is 4.90 Å². The molecule has 0 unspecified atom stereocenters. The maximum absolute atomic E-state index is 13.2. The molecule has 1 fully saturated rings. The summed E-state index contributed by atoms with van der Waals surface area (Å²) in [7, 11) is 1.51. The summed E-state index contributed by atoms with van der Waals surface area (Å²) >= 11 is 3.11. The van der Waals surface area contributed by atoms with Gasteiger partial charge in [-0.2, -0.15) is 0 Å². The smallest absolute Gasteiger partial charge is 0.298 e. The Morgan fingerprint density at radius 3 is 2.50 bits per heavy atom. The van der Waals surface area contributed by atoms with Gasteiger partial charge in [0.05, 0.1) is 27.9 Å². The number of carbonyl (C=O) groups is 2. The Hall–Kier alpha value is -3.50. The van der Waals surface area contributed by atoms with Gasteiger partial charge >= 0.3 is 0 Å². The predicted molar refractivity (Wildman–Crippen MR) is 160 cm³/mol. The third kappa shape index (κ3) is 5.23. The Labute approximate surface area is 238 Å². The minimum atomic E-state index is -0.395. The fourth-order valence-corrected chi connectivity index (χ4v) is 5.90. The molecule has 0 aromatic heterocycles. The molecule has 0 aliphatic carbocycles. The van der Waals surface area contributed by atoms with Gasteiger partial charge in [-0.05, 0) is 93.5 Å². The van der Waals surface area contributed by atoms with Crippen LogP contribution in [0.5, 0.6) is 17.2 Å². The number of halogens is 1. The van der Waals surface area contributed by atoms with Crippen molar-refractivity contribution >= 4 is 68.0 Å². The van der Waals surface area contributed by atoms with Crippen molar-refractivity contribution in [1.29, 1.82) is 0 Å². The van der Waals surface area contributed by atoms with E-state index in [4.69, 9.17) is 14.2 Å². The molecule has 0 bridgehead atoms. The molecule has 192 valence electrons. The SMILES string of the molecule is CCOc1cc(/C=C2\SC(=O)N(c3ccccc3OC)C2=O)cc(I)c1OCc1cccc2ccccc12. The van der Waals surface area contributed by atoms with Crippen molar-refractivity contribution in [2.24, 2.45) is 0 Å². The highest BCUT2D eigenvalue weighted by Gasteiger charge is 2.37.